The third kappa shape index (κ3) is 5.24. The summed E-state index contributed by atoms with van der Waals surface area (Å²) in [7, 11) is 0. The molecule has 0 fully saturated rings. The number of hydrogen-bond acceptors (Lipinski definition) is 7. The molecule has 1 amide bonds. The van der Waals surface area contributed by atoms with Gasteiger partial charge in [-0.25, -0.2) is 9.50 Å². The van der Waals surface area contributed by atoms with Gasteiger partial charge in [-0.2, -0.15) is 4.98 Å². The van der Waals surface area contributed by atoms with Crippen molar-refractivity contribution >= 4 is 23.4 Å². The van der Waals surface area contributed by atoms with Gasteiger partial charge in [0.25, 0.3) is 5.78 Å². The largest absolute Gasteiger partial charge is 0.486 e. The summed E-state index contributed by atoms with van der Waals surface area (Å²) in [5.74, 6) is 2.06. The van der Waals surface area contributed by atoms with Crippen molar-refractivity contribution in [2.45, 2.75) is 38.5 Å². The Kier molecular flexibility index (Phi) is 6.59. The molecule has 0 radical (unpaired) electrons. The third-order valence-corrected chi connectivity index (χ3v) is 6.80. The second-order valence-corrected chi connectivity index (χ2v) is 9.56. The van der Waals surface area contributed by atoms with E-state index < -0.39 is 0 Å². The lowest BCUT2D eigenvalue weighted by Crippen LogP contribution is -2.41. The number of nitrogens with zero attached hydrogens (tertiary/aromatic N) is 4. The number of rotatable bonds is 7. The first-order chi connectivity index (χ1) is 17.0. The van der Waals surface area contributed by atoms with Crippen LogP contribution in [-0.4, -0.2) is 50.5 Å². The number of benzene rings is 2. The minimum absolute atomic E-state index is 0.114. The highest BCUT2D eigenvalue weighted by molar-refractivity contribution is 7.99. The number of para-hydroxylation sites is 2. The molecule has 1 aliphatic heterocycles. The van der Waals surface area contributed by atoms with Crippen LogP contribution in [0.5, 0.6) is 11.5 Å². The summed E-state index contributed by atoms with van der Waals surface area (Å²) in [6.07, 6.45) is 0.553. The fourth-order valence-corrected chi connectivity index (χ4v) is 4.64. The molecular weight excluding hydrogens is 462 g/mol. The zero-order valence-electron chi connectivity index (χ0n) is 19.9. The van der Waals surface area contributed by atoms with Gasteiger partial charge in [-0.3, -0.25) is 4.79 Å². The highest BCUT2D eigenvalue weighted by atomic mass is 32.2. The van der Waals surface area contributed by atoms with Gasteiger partial charge >= 0.3 is 0 Å². The molecule has 1 aliphatic rings. The molecule has 0 bridgehead atoms. The Hall–Kier alpha value is -3.59. The normalized spacial score (nSPS) is 14.8. The van der Waals surface area contributed by atoms with Crippen LogP contribution in [0.2, 0.25) is 0 Å². The minimum Gasteiger partial charge on any atom is -0.486 e. The van der Waals surface area contributed by atoms with Crippen molar-refractivity contribution in [1.29, 1.82) is 0 Å². The molecule has 180 valence electrons. The molecule has 1 N–H and O–H groups in total. The molecule has 0 spiro atoms. The van der Waals surface area contributed by atoms with E-state index in [9.17, 15) is 4.79 Å². The van der Waals surface area contributed by atoms with E-state index in [4.69, 9.17) is 9.47 Å². The zero-order valence-corrected chi connectivity index (χ0v) is 20.8. The number of amides is 1. The molecule has 0 unspecified atom stereocenters. The van der Waals surface area contributed by atoms with Gasteiger partial charge in [-0.15, -0.1) is 5.10 Å². The molecule has 0 aliphatic carbocycles. The van der Waals surface area contributed by atoms with Crippen LogP contribution in [0.3, 0.4) is 0 Å². The van der Waals surface area contributed by atoms with Crippen LogP contribution in [-0.2, 0) is 11.2 Å². The fraction of sp³-hybridized carbons (Fsp3) is 0.308. The molecule has 3 heterocycles. The topological polar surface area (TPSA) is 90.6 Å². The Labute approximate surface area is 208 Å². The summed E-state index contributed by atoms with van der Waals surface area (Å²) in [5.41, 5.74) is 5.55. The van der Waals surface area contributed by atoms with Crippen LogP contribution in [0.25, 0.3) is 5.78 Å². The summed E-state index contributed by atoms with van der Waals surface area (Å²) in [4.78, 5) is 21.6. The second-order valence-electron chi connectivity index (χ2n) is 8.62. The van der Waals surface area contributed by atoms with E-state index in [1.807, 2.05) is 38.1 Å². The predicted octanol–water partition coefficient (Wildman–Crippen LogP) is 3.69. The Balaban J connectivity index is 1.19. The monoisotopic (exact) mass is 489 g/mol. The standard InChI is InChI=1S/C26H27N5O3S/c1-16-8-10-19(11-9-16)12-21-17(2)28-25-29-26(30-31(25)18(21)3)35-15-24(32)27-13-20-14-33-22-6-4-5-7-23(22)34-20/h4-11,20H,12-15H2,1-3H3,(H,27,32)/t20-/m0/s1. The van der Waals surface area contributed by atoms with Crippen molar-refractivity contribution in [2.75, 3.05) is 18.9 Å². The molecule has 8 nitrogen and oxygen atoms in total. The zero-order chi connectivity index (χ0) is 24.4. The number of ether oxygens (including phenoxy) is 2. The molecule has 2 aromatic carbocycles. The van der Waals surface area contributed by atoms with E-state index in [1.165, 1.54) is 22.9 Å². The molecular formula is C26H27N5O3S. The highest BCUT2D eigenvalue weighted by Gasteiger charge is 2.21. The van der Waals surface area contributed by atoms with Crippen LogP contribution in [0, 0.1) is 20.8 Å². The Bertz CT molecular complexity index is 1370. The number of carbonyl (C=O) groups excluding carboxylic acids is 1. The van der Waals surface area contributed by atoms with Crippen molar-refractivity contribution < 1.29 is 14.3 Å². The smallest absolute Gasteiger partial charge is 0.253 e. The van der Waals surface area contributed by atoms with Gasteiger partial charge in [0.2, 0.25) is 11.1 Å². The number of carbonyl (C=O) groups is 1. The highest BCUT2D eigenvalue weighted by Crippen LogP contribution is 2.30. The van der Waals surface area contributed by atoms with Gasteiger partial charge in [-0.05, 0) is 44.0 Å². The maximum atomic E-state index is 12.4. The first-order valence-electron chi connectivity index (χ1n) is 11.5. The van der Waals surface area contributed by atoms with Gasteiger partial charge in [0.1, 0.15) is 12.7 Å². The van der Waals surface area contributed by atoms with E-state index in [-0.39, 0.29) is 17.8 Å². The second kappa shape index (κ2) is 9.95. The van der Waals surface area contributed by atoms with E-state index in [1.54, 1.807) is 4.52 Å². The van der Waals surface area contributed by atoms with Gasteiger partial charge in [0.15, 0.2) is 11.5 Å². The van der Waals surface area contributed by atoms with Crippen LogP contribution in [0.15, 0.2) is 53.7 Å². The maximum Gasteiger partial charge on any atom is 0.253 e. The van der Waals surface area contributed by atoms with Gasteiger partial charge in [0, 0.05) is 17.8 Å². The SMILES string of the molecule is Cc1ccc(Cc2c(C)nc3nc(SCC(=O)NC[C@H]4COc5ccccc5O4)nn3c2C)cc1. The molecule has 4 aromatic rings. The number of hydrogen-bond donors (Lipinski definition) is 1. The lowest BCUT2D eigenvalue weighted by molar-refractivity contribution is -0.119. The average molecular weight is 490 g/mol. The summed E-state index contributed by atoms with van der Waals surface area (Å²) >= 11 is 1.29. The van der Waals surface area contributed by atoms with Crippen LogP contribution in [0.4, 0.5) is 0 Å². The van der Waals surface area contributed by atoms with Crippen molar-refractivity contribution in [3.63, 3.8) is 0 Å². The van der Waals surface area contributed by atoms with Gasteiger partial charge in [0.05, 0.1) is 12.3 Å². The molecule has 5 rings (SSSR count). The molecule has 0 saturated carbocycles. The number of fused-ring (bicyclic) bond motifs is 2. The summed E-state index contributed by atoms with van der Waals surface area (Å²) in [6, 6.07) is 16.0. The average Bonchev–Trinajstić information content (AvgIpc) is 3.28. The van der Waals surface area contributed by atoms with E-state index in [2.05, 4.69) is 51.6 Å². The molecule has 9 heteroatoms. The minimum atomic E-state index is -0.228. The maximum absolute atomic E-state index is 12.4. The number of thioether (sulfide) groups is 1. The first-order valence-corrected chi connectivity index (χ1v) is 12.5. The molecule has 2 aromatic heterocycles. The molecule has 35 heavy (non-hydrogen) atoms. The number of nitrogens with one attached hydrogen (secondary N) is 1. The summed E-state index contributed by atoms with van der Waals surface area (Å²) < 4.78 is 13.3. The first kappa shape index (κ1) is 23.2. The molecule has 0 saturated heterocycles. The lowest BCUT2D eigenvalue weighted by Gasteiger charge is -2.26. The van der Waals surface area contributed by atoms with Crippen molar-refractivity contribution in [2.24, 2.45) is 0 Å². The number of aryl methyl sites for hydroxylation is 3. The third-order valence-electron chi connectivity index (χ3n) is 5.96. The van der Waals surface area contributed by atoms with Gasteiger partial charge in [-0.1, -0.05) is 53.7 Å². The van der Waals surface area contributed by atoms with Crippen molar-refractivity contribution in [3.05, 3.63) is 76.6 Å². The van der Waals surface area contributed by atoms with E-state index >= 15 is 0 Å². The Morgan fingerprint density at radius 3 is 2.66 bits per heavy atom. The Morgan fingerprint density at radius 2 is 1.86 bits per heavy atom. The van der Waals surface area contributed by atoms with Crippen LogP contribution in [0.1, 0.15) is 28.1 Å². The summed E-state index contributed by atoms with van der Waals surface area (Å²) in [6.45, 7) is 6.88. The predicted molar refractivity (Wildman–Crippen MR) is 134 cm³/mol. The quantitative estimate of drug-likeness (QED) is 0.396. The fourth-order valence-electron chi connectivity index (χ4n) is 3.99. The van der Waals surface area contributed by atoms with Gasteiger partial charge < -0.3 is 14.8 Å². The van der Waals surface area contributed by atoms with Crippen LogP contribution < -0.4 is 14.8 Å². The molecule has 1 atom stereocenters. The van der Waals surface area contributed by atoms with Crippen molar-refractivity contribution in [3.8, 4) is 11.5 Å². The van der Waals surface area contributed by atoms with Crippen molar-refractivity contribution in [1.82, 2.24) is 24.9 Å². The van der Waals surface area contributed by atoms with Crippen LogP contribution >= 0.6 is 11.8 Å². The number of aromatic nitrogens is 4. The van der Waals surface area contributed by atoms with E-state index in [0.717, 1.165) is 29.1 Å². The summed E-state index contributed by atoms with van der Waals surface area (Å²) in [5, 5.41) is 8.03. The van der Waals surface area contributed by atoms with E-state index in [0.29, 0.717) is 29.8 Å². The Morgan fingerprint density at radius 1 is 1.09 bits per heavy atom. The lowest BCUT2D eigenvalue weighted by atomic mass is 10.0.